The van der Waals surface area contributed by atoms with E-state index in [2.05, 4.69) is 38.9 Å². The maximum atomic E-state index is 12.4. The molecule has 0 radical (unpaired) electrons. The molecule has 0 saturated carbocycles. The topological polar surface area (TPSA) is 53.9 Å². The Labute approximate surface area is 128 Å². The van der Waals surface area contributed by atoms with E-state index in [0.29, 0.717) is 13.0 Å². The molecule has 0 unspecified atom stereocenters. The van der Waals surface area contributed by atoms with E-state index in [0.717, 1.165) is 30.9 Å². The molecule has 0 bridgehead atoms. The van der Waals surface area contributed by atoms with Crippen LogP contribution in [-0.2, 0) is 24.3 Å². The van der Waals surface area contributed by atoms with Gasteiger partial charge in [0, 0.05) is 37.6 Å². The summed E-state index contributed by atoms with van der Waals surface area (Å²) >= 11 is 0. The molecule has 2 aromatic heterocycles. The second-order valence-corrected chi connectivity index (χ2v) is 5.71. The van der Waals surface area contributed by atoms with Crippen LogP contribution in [0.3, 0.4) is 0 Å². The van der Waals surface area contributed by atoms with E-state index < -0.39 is 0 Å². The summed E-state index contributed by atoms with van der Waals surface area (Å²) in [7, 11) is 0. The van der Waals surface area contributed by atoms with Gasteiger partial charge in [-0.25, -0.2) is 4.98 Å². The van der Waals surface area contributed by atoms with Gasteiger partial charge in [-0.2, -0.15) is 0 Å². The quantitative estimate of drug-likeness (QED) is 0.806. The predicted molar refractivity (Wildman–Crippen MR) is 84.3 cm³/mol. The number of carbonyl (C=O) groups excluding carboxylic acids is 1. The lowest BCUT2D eigenvalue weighted by molar-refractivity contribution is -0.132. The van der Waals surface area contributed by atoms with Crippen molar-refractivity contribution in [3.05, 3.63) is 54.2 Å². The van der Waals surface area contributed by atoms with Crippen molar-refractivity contribution in [1.82, 2.24) is 19.4 Å². The Hall–Kier alpha value is -2.56. The van der Waals surface area contributed by atoms with Crippen molar-refractivity contribution >= 4 is 16.8 Å². The van der Waals surface area contributed by atoms with Crippen molar-refractivity contribution in [3.63, 3.8) is 0 Å². The Morgan fingerprint density at radius 1 is 1.27 bits per heavy atom. The number of fused-ring (bicyclic) bond motifs is 2. The molecule has 1 aliphatic rings. The third-order valence-corrected chi connectivity index (χ3v) is 4.37. The summed E-state index contributed by atoms with van der Waals surface area (Å²) < 4.78 is 2.15. The average Bonchev–Trinajstić information content (AvgIpc) is 3.18. The van der Waals surface area contributed by atoms with Crippen molar-refractivity contribution in [2.45, 2.75) is 25.9 Å². The highest BCUT2D eigenvalue weighted by molar-refractivity contribution is 5.80. The largest absolute Gasteiger partial charge is 0.347 e. The maximum absolute atomic E-state index is 12.4. The first-order chi connectivity index (χ1) is 10.8. The lowest BCUT2D eigenvalue weighted by Crippen LogP contribution is -2.36. The average molecular weight is 294 g/mol. The lowest BCUT2D eigenvalue weighted by Gasteiger charge is -2.26. The van der Waals surface area contributed by atoms with E-state index in [1.165, 1.54) is 10.9 Å². The number of amides is 1. The minimum Gasteiger partial charge on any atom is -0.347 e. The third-order valence-electron chi connectivity index (χ3n) is 4.37. The normalized spacial score (nSPS) is 14.3. The molecular formula is C17H18N4O. The molecule has 22 heavy (non-hydrogen) atoms. The molecule has 0 saturated heterocycles. The van der Waals surface area contributed by atoms with Crippen LogP contribution in [0.4, 0.5) is 0 Å². The summed E-state index contributed by atoms with van der Waals surface area (Å²) in [4.78, 5) is 21.8. The molecule has 4 rings (SSSR count). The zero-order chi connectivity index (χ0) is 14.9. The number of nitrogens with zero attached hydrogens (tertiary/aromatic N) is 3. The van der Waals surface area contributed by atoms with Crippen molar-refractivity contribution in [3.8, 4) is 0 Å². The molecule has 1 N–H and O–H groups in total. The zero-order valence-electron chi connectivity index (χ0n) is 12.3. The van der Waals surface area contributed by atoms with Gasteiger partial charge in [-0.3, -0.25) is 4.79 Å². The van der Waals surface area contributed by atoms with Crippen LogP contribution in [-0.4, -0.2) is 31.9 Å². The summed E-state index contributed by atoms with van der Waals surface area (Å²) in [6.45, 7) is 2.14. The van der Waals surface area contributed by atoms with Crippen LogP contribution < -0.4 is 0 Å². The molecular weight excluding hydrogens is 276 g/mol. The van der Waals surface area contributed by atoms with Gasteiger partial charge in [0.15, 0.2) is 0 Å². The van der Waals surface area contributed by atoms with E-state index in [-0.39, 0.29) is 5.91 Å². The first-order valence-electron chi connectivity index (χ1n) is 7.64. The van der Waals surface area contributed by atoms with Crippen molar-refractivity contribution in [1.29, 1.82) is 0 Å². The molecule has 1 aromatic carbocycles. The van der Waals surface area contributed by atoms with Gasteiger partial charge in [0.1, 0.15) is 0 Å². The molecule has 0 aliphatic carbocycles. The third kappa shape index (κ3) is 2.28. The van der Waals surface area contributed by atoms with Gasteiger partial charge in [0.2, 0.25) is 5.91 Å². The van der Waals surface area contributed by atoms with Crippen LogP contribution in [0.2, 0.25) is 0 Å². The molecule has 1 aliphatic heterocycles. The summed E-state index contributed by atoms with van der Waals surface area (Å²) in [6, 6.07) is 10.4. The van der Waals surface area contributed by atoms with Gasteiger partial charge in [0.25, 0.3) is 0 Å². The number of hydrogen-bond acceptors (Lipinski definition) is 2. The van der Waals surface area contributed by atoms with Crippen molar-refractivity contribution in [2.75, 3.05) is 6.54 Å². The molecule has 3 aromatic rings. The van der Waals surface area contributed by atoms with E-state index in [1.54, 1.807) is 6.33 Å². The van der Waals surface area contributed by atoms with Gasteiger partial charge in [-0.15, -0.1) is 0 Å². The van der Waals surface area contributed by atoms with Gasteiger partial charge in [-0.05, 0) is 17.5 Å². The molecule has 0 spiro atoms. The molecule has 3 heterocycles. The number of aromatic amines is 1. The van der Waals surface area contributed by atoms with E-state index in [4.69, 9.17) is 0 Å². The minimum atomic E-state index is 0.207. The summed E-state index contributed by atoms with van der Waals surface area (Å²) in [5.74, 6) is 0.207. The summed E-state index contributed by atoms with van der Waals surface area (Å²) in [5, 5.41) is 1.22. The van der Waals surface area contributed by atoms with Gasteiger partial charge in [-0.1, -0.05) is 18.2 Å². The maximum Gasteiger partial charge on any atom is 0.224 e. The Kier molecular flexibility index (Phi) is 3.18. The van der Waals surface area contributed by atoms with Crippen molar-refractivity contribution < 1.29 is 4.79 Å². The van der Waals surface area contributed by atoms with Gasteiger partial charge >= 0.3 is 0 Å². The van der Waals surface area contributed by atoms with Gasteiger partial charge in [0.05, 0.1) is 24.3 Å². The Balaban J connectivity index is 1.43. The summed E-state index contributed by atoms with van der Waals surface area (Å²) in [5.41, 5.74) is 3.36. The van der Waals surface area contributed by atoms with Crippen LogP contribution >= 0.6 is 0 Å². The molecule has 0 atom stereocenters. The van der Waals surface area contributed by atoms with Crippen molar-refractivity contribution in [2.24, 2.45) is 0 Å². The number of aromatic nitrogens is 3. The van der Waals surface area contributed by atoms with Crippen LogP contribution in [0.15, 0.2) is 42.9 Å². The molecule has 5 nitrogen and oxygen atoms in total. The Bertz CT molecular complexity index is 817. The number of aryl methyl sites for hydroxylation is 1. The second-order valence-electron chi connectivity index (χ2n) is 5.71. The lowest BCUT2D eigenvalue weighted by atomic mass is 10.1. The first-order valence-corrected chi connectivity index (χ1v) is 7.64. The number of hydrogen-bond donors (Lipinski definition) is 1. The molecule has 0 fully saturated rings. The number of benzene rings is 1. The van der Waals surface area contributed by atoms with Crippen LogP contribution in [0.25, 0.3) is 10.9 Å². The van der Waals surface area contributed by atoms with Crippen LogP contribution in [0, 0.1) is 0 Å². The first kappa shape index (κ1) is 13.1. The number of nitrogens with one attached hydrogen (secondary N) is 1. The molecule has 1 amide bonds. The van der Waals surface area contributed by atoms with E-state index >= 15 is 0 Å². The SMILES string of the molecule is O=C(CCn1ccc2ccccc21)N1CCc2nc[nH]c2C1. The Morgan fingerprint density at radius 2 is 2.18 bits per heavy atom. The fourth-order valence-electron chi connectivity index (χ4n) is 3.14. The monoisotopic (exact) mass is 294 g/mol. The highest BCUT2D eigenvalue weighted by atomic mass is 16.2. The van der Waals surface area contributed by atoms with Crippen LogP contribution in [0.5, 0.6) is 0 Å². The standard InChI is InChI=1S/C17H18N4O/c22-17(21-9-6-14-15(11-21)19-12-18-14)7-10-20-8-5-13-3-1-2-4-16(13)20/h1-5,8,12H,6-7,9-11H2,(H,18,19). The fraction of sp³-hybridized carbons (Fsp3) is 0.294. The molecule has 112 valence electrons. The van der Waals surface area contributed by atoms with Gasteiger partial charge < -0.3 is 14.5 Å². The fourth-order valence-corrected chi connectivity index (χ4v) is 3.14. The number of H-pyrrole nitrogens is 1. The molecule has 5 heteroatoms. The Morgan fingerprint density at radius 3 is 3.14 bits per heavy atom. The highest BCUT2D eigenvalue weighted by Crippen LogP contribution is 2.18. The second kappa shape index (κ2) is 5.33. The van der Waals surface area contributed by atoms with Crippen LogP contribution in [0.1, 0.15) is 17.8 Å². The highest BCUT2D eigenvalue weighted by Gasteiger charge is 2.21. The number of carbonyl (C=O) groups is 1. The van der Waals surface area contributed by atoms with E-state index in [9.17, 15) is 4.79 Å². The zero-order valence-corrected chi connectivity index (χ0v) is 12.3. The van der Waals surface area contributed by atoms with E-state index in [1.807, 2.05) is 17.0 Å². The number of para-hydroxylation sites is 1. The smallest absolute Gasteiger partial charge is 0.224 e. The number of rotatable bonds is 3. The minimum absolute atomic E-state index is 0.207. The summed E-state index contributed by atoms with van der Waals surface area (Å²) in [6.07, 6.45) is 5.14. The predicted octanol–water partition coefficient (Wildman–Crippen LogP) is 2.34. The number of imidazole rings is 1.